The molecule has 4 amide bonds. The number of carbonyl (C=O) groups is 4. The second kappa shape index (κ2) is 30.9. The highest BCUT2D eigenvalue weighted by molar-refractivity contribution is 7.92. The summed E-state index contributed by atoms with van der Waals surface area (Å²) >= 11 is 1.56. The minimum absolute atomic E-state index is 0.0438. The second-order valence-corrected chi connectivity index (χ2v) is 24.4. The Balaban J connectivity index is 0.629. The normalized spacial score (nSPS) is 14.6. The monoisotopic (exact) mass is 1290 g/mol. The van der Waals surface area contributed by atoms with Crippen LogP contribution in [0.4, 0.5) is 14.5 Å². The first-order valence-corrected chi connectivity index (χ1v) is 31.3. The highest BCUT2D eigenvalue weighted by atomic mass is 32.2. The Morgan fingerprint density at radius 2 is 1.47 bits per heavy atom. The van der Waals surface area contributed by atoms with Gasteiger partial charge in [-0.25, -0.2) is 32.2 Å². The number of methoxy groups -OCH3 is 1. The quantitative estimate of drug-likeness (QED) is 0.0300. The van der Waals surface area contributed by atoms with E-state index in [1.165, 1.54) is 30.5 Å². The van der Waals surface area contributed by atoms with Gasteiger partial charge in [-0.05, 0) is 65.9 Å². The van der Waals surface area contributed by atoms with Crippen LogP contribution in [0.25, 0.3) is 50.3 Å². The molecule has 29 heteroatoms. The first-order chi connectivity index (χ1) is 43.8. The van der Waals surface area contributed by atoms with Crippen molar-refractivity contribution in [3.63, 3.8) is 0 Å². The van der Waals surface area contributed by atoms with E-state index in [1.807, 2.05) is 52.0 Å². The molecule has 482 valence electrons. The molecule has 25 nitrogen and oxygen atoms in total. The maximum absolute atomic E-state index is 14.5. The van der Waals surface area contributed by atoms with Crippen molar-refractivity contribution < 1.29 is 74.3 Å². The number of hydrogen-bond acceptors (Lipinski definition) is 20. The zero-order valence-electron chi connectivity index (χ0n) is 50.5. The number of nitrogens with one attached hydrogen (secondary N) is 4. The number of aromatic nitrogens is 6. The van der Waals surface area contributed by atoms with Crippen LogP contribution >= 0.6 is 11.3 Å². The molecule has 1 saturated heterocycles. The van der Waals surface area contributed by atoms with Gasteiger partial charge in [0, 0.05) is 55.6 Å². The van der Waals surface area contributed by atoms with E-state index in [9.17, 15) is 41.5 Å². The van der Waals surface area contributed by atoms with E-state index in [4.69, 9.17) is 32.8 Å². The standard InChI is InChI=1S/C62H69F2N11O14S2/c1-38-54(90-37-69-38)40-12-10-39(11-13-40)31-67-57(79)49-30-44(76)35-75(49)61(80)55(62(2,3)4)70-53(77)36-88-27-26-87-25-24-86-23-22-85-21-20-84-19-18-65-56(78)45-8-6-7-9-46(45)58-71-72-60(89-58)50-33-66-52-17-14-41(34-74(50)52)42-28-48(59(83-5)68-32-42)73-91(81,82)51-16-15-43(63)29-47(51)64/h6-17,28-29,32-34,37,44,49,55,73,76H,18-27,30-31,35-36H2,1-5H3,(H,65,78)(H,67,79)(H,70,77)/t44-,49+,55-/m1/s1. The largest absolute Gasteiger partial charge is 0.480 e. The fourth-order valence-corrected chi connectivity index (χ4v) is 11.6. The van der Waals surface area contributed by atoms with E-state index >= 15 is 0 Å². The van der Waals surface area contributed by atoms with E-state index in [1.54, 1.807) is 63.8 Å². The Morgan fingerprint density at radius 3 is 2.15 bits per heavy atom. The van der Waals surface area contributed by atoms with Crippen LogP contribution in [0.1, 0.15) is 48.8 Å². The minimum Gasteiger partial charge on any atom is -0.480 e. The molecule has 1 aliphatic heterocycles. The molecule has 8 aromatic rings. The van der Waals surface area contributed by atoms with Crippen molar-refractivity contribution in [2.24, 2.45) is 5.41 Å². The topological polar surface area (TPSA) is 311 Å². The number of aryl methyl sites for hydroxylation is 1. The van der Waals surface area contributed by atoms with Gasteiger partial charge in [0.15, 0.2) is 0 Å². The lowest BCUT2D eigenvalue weighted by Crippen LogP contribution is -2.58. The number of imidazole rings is 1. The first kappa shape index (κ1) is 66.7. The maximum atomic E-state index is 14.5. The number of nitrogens with zero attached hydrogens (tertiary/aromatic N) is 7. The third-order valence-corrected chi connectivity index (χ3v) is 16.7. The number of amides is 4. The molecule has 0 saturated carbocycles. The zero-order valence-corrected chi connectivity index (χ0v) is 52.1. The number of aliphatic hydroxyl groups is 1. The van der Waals surface area contributed by atoms with Crippen molar-refractivity contribution in [2.45, 2.75) is 63.7 Å². The van der Waals surface area contributed by atoms with Crippen molar-refractivity contribution >= 4 is 56.3 Å². The van der Waals surface area contributed by atoms with Gasteiger partial charge in [-0.1, -0.05) is 57.2 Å². The number of β-amino-alcohol motifs (C(OH)–C–C–N with tert-alkyl or cyclic N) is 1. The molecule has 5 N–H and O–H groups in total. The molecule has 1 fully saturated rings. The van der Waals surface area contributed by atoms with Crippen molar-refractivity contribution in [1.82, 2.24) is 50.4 Å². The van der Waals surface area contributed by atoms with E-state index in [0.717, 1.165) is 33.8 Å². The number of hydrogen-bond donors (Lipinski definition) is 5. The molecule has 0 unspecified atom stereocenters. The molecule has 0 radical (unpaired) electrons. The third-order valence-electron chi connectivity index (χ3n) is 14.3. The summed E-state index contributed by atoms with van der Waals surface area (Å²) in [5.74, 6) is -3.96. The number of halogens is 2. The average Bonchev–Trinajstić information content (AvgIpc) is 1.75. The summed E-state index contributed by atoms with van der Waals surface area (Å²) in [5.41, 5.74) is 6.34. The second-order valence-electron chi connectivity index (χ2n) is 21.9. The van der Waals surface area contributed by atoms with Gasteiger partial charge in [-0.15, -0.1) is 21.5 Å². The number of pyridine rings is 2. The molecule has 91 heavy (non-hydrogen) atoms. The predicted octanol–water partition coefficient (Wildman–Crippen LogP) is 6.25. The van der Waals surface area contributed by atoms with Gasteiger partial charge in [0.05, 0.1) is 106 Å². The van der Waals surface area contributed by atoms with Crippen LogP contribution in [0.3, 0.4) is 0 Å². The fraction of sp³-hybridized carbons (Fsp3) is 0.371. The van der Waals surface area contributed by atoms with Crippen LogP contribution in [0.2, 0.25) is 0 Å². The molecule has 3 atom stereocenters. The van der Waals surface area contributed by atoms with Crippen LogP contribution in [0, 0.1) is 24.0 Å². The number of rotatable bonds is 31. The summed E-state index contributed by atoms with van der Waals surface area (Å²) in [6.45, 7) is 9.67. The van der Waals surface area contributed by atoms with Gasteiger partial charge in [0.25, 0.3) is 21.8 Å². The molecular formula is C62H69F2N11O14S2. The predicted molar refractivity (Wildman–Crippen MR) is 329 cm³/mol. The van der Waals surface area contributed by atoms with Crippen LogP contribution in [-0.4, -0.2) is 176 Å². The Labute approximate surface area is 526 Å². The smallest absolute Gasteiger partial charge is 0.266 e. The summed E-state index contributed by atoms with van der Waals surface area (Å²) in [7, 11) is -3.25. The number of ether oxygens (including phenoxy) is 6. The van der Waals surface area contributed by atoms with Crippen molar-refractivity contribution in [3.8, 4) is 50.5 Å². The van der Waals surface area contributed by atoms with Crippen LogP contribution in [0.5, 0.6) is 5.88 Å². The molecule has 9 rings (SSSR count). The molecular weight excluding hydrogens is 1220 g/mol. The molecule has 0 bridgehead atoms. The van der Waals surface area contributed by atoms with E-state index in [2.05, 4.69) is 45.8 Å². The van der Waals surface area contributed by atoms with Crippen LogP contribution in [-0.2, 0) is 54.6 Å². The number of fused-ring (bicyclic) bond motifs is 1. The SMILES string of the molecule is COc1ncc(-c2ccc3ncc(-c4nnc(-c5ccccc5C(=O)NCCOCCOCCOCCOCCOCC(=O)N[C@H](C(=O)N5C[C@H](O)C[C@H]5C(=O)NCc5ccc(-c6scnc6C)cc5)C(C)(C)C)o4)n3c2)cc1NS(=O)(=O)c1ccc(F)cc1F. The molecule has 5 aromatic heterocycles. The number of sulfonamides is 1. The minimum atomic E-state index is -4.53. The summed E-state index contributed by atoms with van der Waals surface area (Å²) in [6.07, 6.45) is 3.84. The van der Waals surface area contributed by atoms with Gasteiger partial charge in [0.2, 0.25) is 29.5 Å². The Hall–Kier alpha value is -8.68. The average molecular weight is 1290 g/mol. The van der Waals surface area contributed by atoms with Gasteiger partial charge in [-0.3, -0.25) is 28.3 Å². The number of aliphatic hydroxyl groups excluding tert-OH is 1. The number of likely N-dealkylation sites (tertiary alicyclic amines) is 1. The van der Waals surface area contributed by atoms with Crippen LogP contribution in [0.15, 0.2) is 118 Å². The number of benzene rings is 3. The highest BCUT2D eigenvalue weighted by Crippen LogP contribution is 2.34. The lowest BCUT2D eigenvalue weighted by Gasteiger charge is -2.35. The van der Waals surface area contributed by atoms with E-state index in [-0.39, 0.29) is 101 Å². The van der Waals surface area contributed by atoms with Crippen molar-refractivity contribution in [3.05, 3.63) is 137 Å². The Morgan fingerprint density at radius 1 is 0.791 bits per heavy atom. The van der Waals surface area contributed by atoms with Crippen molar-refractivity contribution in [1.29, 1.82) is 0 Å². The summed E-state index contributed by atoms with van der Waals surface area (Å²) in [6, 6.07) is 19.6. The number of anilines is 1. The Bertz CT molecular complexity index is 3940. The first-order valence-electron chi connectivity index (χ1n) is 28.9. The van der Waals surface area contributed by atoms with Gasteiger partial charge < -0.3 is 58.8 Å². The van der Waals surface area contributed by atoms with Gasteiger partial charge in [-0.2, -0.15) is 0 Å². The number of thiazole rings is 1. The fourth-order valence-electron chi connectivity index (χ4n) is 9.71. The van der Waals surface area contributed by atoms with E-state index in [0.29, 0.717) is 53.9 Å². The Kier molecular flexibility index (Phi) is 22.7. The lowest BCUT2D eigenvalue weighted by atomic mass is 9.85. The summed E-state index contributed by atoms with van der Waals surface area (Å²) in [4.78, 5) is 68.5. The zero-order chi connectivity index (χ0) is 64.7. The highest BCUT2D eigenvalue weighted by Gasteiger charge is 2.44. The van der Waals surface area contributed by atoms with E-state index < -0.39 is 73.8 Å². The third kappa shape index (κ3) is 17.4. The van der Waals surface area contributed by atoms with Crippen LogP contribution < -0.4 is 25.4 Å². The molecule has 1 aliphatic rings. The van der Waals surface area contributed by atoms with Crippen molar-refractivity contribution in [2.75, 3.05) is 91.0 Å². The number of carbonyl (C=O) groups excluding carboxylic acids is 4. The summed E-state index contributed by atoms with van der Waals surface area (Å²) < 4.78 is 97.6. The molecule has 0 spiro atoms. The molecule has 6 heterocycles. The maximum Gasteiger partial charge on any atom is 0.266 e. The lowest BCUT2D eigenvalue weighted by molar-refractivity contribution is -0.144. The molecule has 0 aliphatic carbocycles. The summed E-state index contributed by atoms with van der Waals surface area (Å²) in [5, 5.41) is 27.6. The molecule has 3 aromatic carbocycles. The van der Waals surface area contributed by atoms with Gasteiger partial charge in [0.1, 0.15) is 52.2 Å². The van der Waals surface area contributed by atoms with Gasteiger partial charge >= 0.3 is 0 Å².